The van der Waals surface area contributed by atoms with Crippen molar-refractivity contribution in [2.45, 2.75) is 6.42 Å². The summed E-state index contributed by atoms with van der Waals surface area (Å²) in [6.45, 7) is 0. The molecule has 0 aliphatic carbocycles. The lowest BCUT2D eigenvalue weighted by atomic mass is 10.1. The number of thioether (sulfide) groups is 1. The Kier molecular flexibility index (Phi) is 5.31. The number of carboxylic acid groups (broad SMARTS) is 1. The summed E-state index contributed by atoms with van der Waals surface area (Å²) in [6, 6.07) is 18.8. The van der Waals surface area contributed by atoms with Gasteiger partial charge in [-0.05, 0) is 65.4 Å². The molecule has 0 bridgehead atoms. The zero-order valence-electron chi connectivity index (χ0n) is 15.3. The van der Waals surface area contributed by atoms with Gasteiger partial charge in [-0.1, -0.05) is 24.3 Å². The lowest BCUT2D eigenvalue weighted by Gasteiger charge is -2.04. The maximum absolute atomic E-state index is 12.3. The number of rotatable bonds is 5. The van der Waals surface area contributed by atoms with E-state index in [1.54, 1.807) is 24.3 Å². The predicted octanol–water partition coefficient (Wildman–Crippen LogP) is 4.00. The number of amidine groups is 1. The van der Waals surface area contributed by atoms with E-state index in [4.69, 9.17) is 5.11 Å². The summed E-state index contributed by atoms with van der Waals surface area (Å²) < 4.78 is 2.00. The summed E-state index contributed by atoms with van der Waals surface area (Å²) in [5.74, 6) is -1.07. The molecule has 1 aliphatic rings. The maximum Gasteiger partial charge on any atom is 0.307 e. The topological polar surface area (TPSA) is 83.7 Å². The molecule has 1 saturated heterocycles. The monoisotopic (exact) mass is 403 g/mol. The van der Waals surface area contributed by atoms with Gasteiger partial charge in [0, 0.05) is 18.1 Å². The van der Waals surface area contributed by atoms with E-state index in [2.05, 4.69) is 10.3 Å². The third-order valence-corrected chi connectivity index (χ3v) is 5.15. The number of amides is 1. The third kappa shape index (κ3) is 4.64. The van der Waals surface area contributed by atoms with Gasteiger partial charge < -0.3 is 15.0 Å². The van der Waals surface area contributed by atoms with Gasteiger partial charge in [0.1, 0.15) is 0 Å². The molecule has 29 heavy (non-hydrogen) atoms. The van der Waals surface area contributed by atoms with Crippen molar-refractivity contribution in [2.75, 3.05) is 0 Å². The average Bonchev–Trinajstić information content (AvgIpc) is 3.34. The number of aliphatic imine (C=N–C) groups is 1. The number of nitrogens with zero attached hydrogens (tertiary/aromatic N) is 2. The van der Waals surface area contributed by atoms with Gasteiger partial charge in [-0.15, -0.1) is 0 Å². The average molecular weight is 403 g/mol. The highest BCUT2D eigenvalue weighted by atomic mass is 32.2. The van der Waals surface area contributed by atoms with Crippen LogP contribution in [0.4, 0.5) is 5.69 Å². The van der Waals surface area contributed by atoms with Crippen molar-refractivity contribution < 1.29 is 14.7 Å². The molecule has 144 valence electrons. The zero-order valence-corrected chi connectivity index (χ0v) is 16.1. The Morgan fingerprint density at radius 2 is 1.86 bits per heavy atom. The molecular weight excluding hydrogens is 386 g/mol. The van der Waals surface area contributed by atoms with Crippen LogP contribution in [0.2, 0.25) is 0 Å². The van der Waals surface area contributed by atoms with Gasteiger partial charge >= 0.3 is 5.97 Å². The fourth-order valence-corrected chi connectivity index (χ4v) is 3.74. The van der Waals surface area contributed by atoms with Crippen LogP contribution in [0, 0.1) is 0 Å². The van der Waals surface area contributed by atoms with Gasteiger partial charge in [-0.2, -0.15) is 0 Å². The van der Waals surface area contributed by atoms with Crippen molar-refractivity contribution in [1.82, 2.24) is 9.88 Å². The van der Waals surface area contributed by atoms with E-state index < -0.39 is 5.97 Å². The largest absolute Gasteiger partial charge is 0.481 e. The van der Waals surface area contributed by atoms with Crippen LogP contribution in [0.3, 0.4) is 0 Å². The quantitative estimate of drug-likeness (QED) is 0.631. The van der Waals surface area contributed by atoms with Crippen molar-refractivity contribution in [3.63, 3.8) is 0 Å². The SMILES string of the molecule is O=C(O)Cc1ccc(N=C2NC(=O)/C(=C/c3cccc(-n4cccc4)c3)S2)cc1. The number of nitrogens with one attached hydrogen (secondary N) is 1. The van der Waals surface area contributed by atoms with Crippen molar-refractivity contribution >= 4 is 40.6 Å². The molecule has 6 nitrogen and oxygen atoms in total. The van der Waals surface area contributed by atoms with Crippen LogP contribution in [0.25, 0.3) is 11.8 Å². The Morgan fingerprint density at radius 3 is 2.59 bits per heavy atom. The molecule has 7 heteroatoms. The van der Waals surface area contributed by atoms with Gasteiger partial charge in [0.05, 0.1) is 17.0 Å². The number of aromatic nitrogens is 1. The van der Waals surface area contributed by atoms with Crippen LogP contribution in [0.5, 0.6) is 0 Å². The highest BCUT2D eigenvalue weighted by Crippen LogP contribution is 2.28. The Bertz CT molecular complexity index is 1120. The third-order valence-electron chi connectivity index (χ3n) is 4.24. The molecule has 2 heterocycles. The summed E-state index contributed by atoms with van der Waals surface area (Å²) in [5, 5.41) is 12.1. The molecule has 0 radical (unpaired) electrons. The van der Waals surface area contributed by atoms with Gasteiger partial charge in [-0.3, -0.25) is 9.59 Å². The van der Waals surface area contributed by atoms with Crippen LogP contribution in [-0.2, 0) is 16.0 Å². The molecule has 0 unspecified atom stereocenters. The van der Waals surface area contributed by atoms with Gasteiger partial charge in [0.15, 0.2) is 5.17 Å². The predicted molar refractivity (Wildman–Crippen MR) is 114 cm³/mol. The zero-order chi connectivity index (χ0) is 20.2. The lowest BCUT2D eigenvalue weighted by molar-refractivity contribution is -0.136. The molecule has 1 amide bonds. The smallest absolute Gasteiger partial charge is 0.307 e. The van der Waals surface area contributed by atoms with Crippen LogP contribution < -0.4 is 5.32 Å². The number of carbonyl (C=O) groups excluding carboxylic acids is 1. The molecule has 0 saturated carbocycles. The van der Waals surface area contributed by atoms with E-state index >= 15 is 0 Å². The van der Waals surface area contributed by atoms with E-state index in [0.29, 0.717) is 21.3 Å². The standard InChI is InChI=1S/C22H17N3O3S/c26-20(27)14-15-6-8-17(9-7-15)23-22-24-21(28)19(29-22)13-16-4-3-5-18(12-16)25-10-1-2-11-25/h1-13H,14H2,(H,26,27)(H,23,24,28)/b19-13-. The van der Waals surface area contributed by atoms with Gasteiger partial charge in [0.2, 0.25) is 0 Å². The minimum absolute atomic E-state index is 0.0305. The number of benzene rings is 2. The normalized spacial score (nSPS) is 16.3. The minimum Gasteiger partial charge on any atom is -0.481 e. The van der Waals surface area contributed by atoms with Crippen LogP contribution >= 0.6 is 11.8 Å². The summed E-state index contributed by atoms with van der Waals surface area (Å²) in [5.41, 5.74) is 3.29. The molecule has 0 spiro atoms. The summed E-state index contributed by atoms with van der Waals surface area (Å²) >= 11 is 1.28. The van der Waals surface area contributed by atoms with Crippen molar-refractivity contribution in [3.8, 4) is 5.69 Å². The Balaban J connectivity index is 1.51. The van der Waals surface area contributed by atoms with E-state index in [1.807, 2.05) is 59.4 Å². The maximum atomic E-state index is 12.3. The van der Waals surface area contributed by atoms with Crippen molar-refractivity contribution in [2.24, 2.45) is 4.99 Å². The Morgan fingerprint density at radius 1 is 1.10 bits per heavy atom. The second-order valence-electron chi connectivity index (χ2n) is 6.40. The van der Waals surface area contributed by atoms with E-state index in [9.17, 15) is 9.59 Å². The number of aliphatic carboxylic acids is 1. The molecule has 3 aromatic rings. The molecule has 1 aromatic heterocycles. The van der Waals surface area contributed by atoms with Crippen molar-refractivity contribution in [1.29, 1.82) is 0 Å². The second-order valence-corrected chi connectivity index (χ2v) is 7.43. The van der Waals surface area contributed by atoms with Crippen LogP contribution in [-0.4, -0.2) is 26.7 Å². The lowest BCUT2D eigenvalue weighted by Crippen LogP contribution is -2.19. The first kappa shape index (κ1) is 18.8. The number of carbonyl (C=O) groups is 2. The first-order valence-electron chi connectivity index (χ1n) is 8.90. The summed E-state index contributed by atoms with van der Waals surface area (Å²) in [7, 11) is 0. The number of hydrogen-bond acceptors (Lipinski definition) is 4. The molecule has 4 rings (SSSR count). The van der Waals surface area contributed by atoms with Crippen molar-refractivity contribution in [3.05, 3.63) is 89.1 Å². The fourth-order valence-electron chi connectivity index (χ4n) is 2.89. The summed E-state index contributed by atoms with van der Waals surface area (Å²) in [6.07, 6.45) is 5.74. The van der Waals surface area contributed by atoms with E-state index in [1.165, 1.54) is 11.8 Å². The molecule has 2 N–H and O–H groups in total. The van der Waals surface area contributed by atoms with Gasteiger partial charge in [0.25, 0.3) is 5.91 Å². The minimum atomic E-state index is -0.877. The Labute approximate surface area is 171 Å². The Hall–Kier alpha value is -3.58. The first-order chi connectivity index (χ1) is 14.1. The highest BCUT2D eigenvalue weighted by molar-refractivity contribution is 8.18. The number of hydrogen-bond donors (Lipinski definition) is 2. The molecule has 1 aliphatic heterocycles. The second kappa shape index (κ2) is 8.20. The first-order valence-corrected chi connectivity index (χ1v) is 9.72. The van der Waals surface area contributed by atoms with E-state index in [-0.39, 0.29) is 12.3 Å². The highest BCUT2D eigenvalue weighted by Gasteiger charge is 2.23. The van der Waals surface area contributed by atoms with E-state index in [0.717, 1.165) is 11.3 Å². The molecule has 2 aromatic carbocycles. The molecule has 0 atom stereocenters. The fraction of sp³-hybridized carbons (Fsp3) is 0.0455. The number of carboxylic acids is 1. The molecular formula is C22H17N3O3S. The van der Waals surface area contributed by atoms with Crippen LogP contribution in [0.15, 0.2) is 83.0 Å². The van der Waals surface area contributed by atoms with Crippen LogP contribution in [0.1, 0.15) is 11.1 Å². The molecule has 1 fully saturated rings. The summed E-state index contributed by atoms with van der Waals surface area (Å²) in [4.78, 5) is 28.1. The van der Waals surface area contributed by atoms with Gasteiger partial charge in [-0.25, -0.2) is 4.99 Å².